The Balaban J connectivity index is 1.50. The van der Waals surface area contributed by atoms with Gasteiger partial charge >= 0.3 is 0 Å². The number of methoxy groups -OCH3 is 1. The second-order valence-corrected chi connectivity index (χ2v) is 8.04. The van der Waals surface area contributed by atoms with Gasteiger partial charge < -0.3 is 15.0 Å². The zero-order valence-corrected chi connectivity index (χ0v) is 17.2. The van der Waals surface area contributed by atoms with Gasteiger partial charge in [-0.15, -0.1) is 11.3 Å². The van der Waals surface area contributed by atoms with Gasteiger partial charge in [0.2, 0.25) is 11.8 Å². The fourth-order valence-electron chi connectivity index (χ4n) is 3.67. The number of thiazole rings is 1. The van der Waals surface area contributed by atoms with Crippen molar-refractivity contribution in [3.8, 4) is 5.75 Å². The Labute approximate surface area is 169 Å². The molecule has 1 aromatic carbocycles. The van der Waals surface area contributed by atoms with Crippen LogP contribution >= 0.6 is 11.3 Å². The highest BCUT2D eigenvalue weighted by molar-refractivity contribution is 7.09. The fraction of sp³-hybridized carbons (Fsp3) is 0.476. The van der Waals surface area contributed by atoms with Gasteiger partial charge in [0, 0.05) is 38.0 Å². The maximum atomic E-state index is 12.6. The number of amides is 2. The molecule has 2 aromatic rings. The number of rotatable bonds is 7. The van der Waals surface area contributed by atoms with Crippen molar-refractivity contribution in [2.75, 3.05) is 20.2 Å². The zero-order valence-electron chi connectivity index (χ0n) is 16.4. The molecule has 7 heteroatoms. The summed E-state index contributed by atoms with van der Waals surface area (Å²) in [4.78, 5) is 30.6. The van der Waals surface area contributed by atoms with Crippen molar-refractivity contribution in [1.82, 2.24) is 15.2 Å². The minimum absolute atomic E-state index is 0.0433. The zero-order chi connectivity index (χ0) is 19.9. The van der Waals surface area contributed by atoms with Crippen LogP contribution in [0.2, 0.25) is 0 Å². The first-order valence-electron chi connectivity index (χ1n) is 9.64. The van der Waals surface area contributed by atoms with Gasteiger partial charge in [0.15, 0.2) is 0 Å². The Morgan fingerprint density at radius 2 is 2.00 bits per heavy atom. The van der Waals surface area contributed by atoms with Crippen LogP contribution in [0, 0.1) is 5.92 Å². The number of ether oxygens (including phenoxy) is 1. The smallest absolute Gasteiger partial charge is 0.222 e. The summed E-state index contributed by atoms with van der Waals surface area (Å²) in [5.74, 6) is 1.28. The summed E-state index contributed by atoms with van der Waals surface area (Å²) >= 11 is 1.57. The molecule has 1 aromatic heterocycles. The van der Waals surface area contributed by atoms with Crippen molar-refractivity contribution < 1.29 is 14.3 Å². The summed E-state index contributed by atoms with van der Waals surface area (Å²) in [7, 11) is 1.65. The first kappa shape index (κ1) is 20.3. The number of nitrogens with one attached hydrogen (secondary N) is 1. The van der Waals surface area contributed by atoms with Crippen LogP contribution in [0.1, 0.15) is 42.8 Å². The summed E-state index contributed by atoms with van der Waals surface area (Å²) in [5, 5.41) is 5.92. The molecule has 2 heterocycles. The molecule has 6 nitrogen and oxygen atoms in total. The van der Waals surface area contributed by atoms with Gasteiger partial charge in [-0.3, -0.25) is 9.59 Å². The largest absolute Gasteiger partial charge is 0.497 e. The van der Waals surface area contributed by atoms with Gasteiger partial charge in [-0.25, -0.2) is 4.98 Å². The van der Waals surface area contributed by atoms with Crippen molar-refractivity contribution >= 4 is 23.2 Å². The van der Waals surface area contributed by atoms with E-state index < -0.39 is 0 Å². The normalized spacial score (nSPS) is 15.9. The van der Waals surface area contributed by atoms with Crippen molar-refractivity contribution in [2.45, 2.75) is 38.6 Å². The summed E-state index contributed by atoms with van der Waals surface area (Å²) in [6.07, 6.45) is 4.76. The molecule has 0 saturated carbocycles. The average Bonchev–Trinajstić information content (AvgIpc) is 3.25. The van der Waals surface area contributed by atoms with Crippen molar-refractivity contribution in [2.24, 2.45) is 5.92 Å². The highest BCUT2D eigenvalue weighted by atomic mass is 32.1. The maximum absolute atomic E-state index is 12.6. The van der Waals surface area contributed by atoms with E-state index in [9.17, 15) is 9.59 Å². The number of likely N-dealkylation sites (tertiary alicyclic amines) is 1. The van der Waals surface area contributed by atoms with Crippen LogP contribution < -0.4 is 10.1 Å². The molecule has 0 aliphatic carbocycles. The molecule has 1 atom stereocenters. The lowest BCUT2D eigenvalue weighted by molar-refractivity contribution is -0.133. The van der Waals surface area contributed by atoms with Gasteiger partial charge in [-0.2, -0.15) is 0 Å². The number of piperidine rings is 1. The SMILES string of the molecule is COc1ccc(CCC(=O)N2CCC(C(NC(C)=O)c3nccs3)CC2)cc1. The Kier molecular flexibility index (Phi) is 7.03. The minimum Gasteiger partial charge on any atom is -0.497 e. The fourth-order valence-corrected chi connectivity index (χ4v) is 4.45. The predicted octanol–water partition coefficient (Wildman–Crippen LogP) is 3.20. The van der Waals surface area contributed by atoms with Gasteiger partial charge in [0.05, 0.1) is 13.2 Å². The van der Waals surface area contributed by atoms with Crippen LogP contribution in [0.25, 0.3) is 0 Å². The Morgan fingerprint density at radius 1 is 1.29 bits per heavy atom. The van der Waals surface area contributed by atoms with E-state index in [0.717, 1.165) is 48.7 Å². The molecule has 2 amide bonds. The van der Waals surface area contributed by atoms with Gasteiger partial charge in [0.1, 0.15) is 10.8 Å². The minimum atomic E-state index is -0.0611. The van der Waals surface area contributed by atoms with Crippen molar-refractivity contribution in [3.05, 3.63) is 46.4 Å². The third kappa shape index (κ3) is 5.32. The quantitative estimate of drug-likeness (QED) is 0.773. The number of nitrogens with zero attached hydrogens (tertiary/aromatic N) is 2. The maximum Gasteiger partial charge on any atom is 0.222 e. The highest BCUT2D eigenvalue weighted by Gasteiger charge is 2.31. The Morgan fingerprint density at radius 3 is 2.57 bits per heavy atom. The predicted molar refractivity (Wildman–Crippen MR) is 109 cm³/mol. The van der Waals surface area contributed by atoms with Crippen LogP contribution in [0.3, 0.4) is 0 Å². The second kappa shape index (κ2) is 9.68. The van der Waals surface area contributed by atoms with E-state index in [1.165, 1.54) is 0 Å². The molecule has 1 N–H and O–H groups in total. The van der Waals surface area contributed by atoms with E-state index in [2.05, 4.69) is 10.3 Å². The number of hydrogen-bond acceptors (Lipinski definition) is 5. The summed E-state index contributed by atoms with van der Waals surface area (Å²) in [6, 6.07) is 7.79. The second-order valence-electron chi connectivity index (χ2n) is 7.11. The van der Waals surface area contributed by atoms with Gasteiger partial charge in [-0.05, 0) is 42.9 Å². The monoisotopic (exact) mass is 401 g/mol. The third-order valence-electron chi connectivity index (χ3n) is 5.23. The Bertz CT molecular complexity index is 769. The van der Waals surface area contributed by atoms with Crippen LogP contribution in [-0.2, 0) is 16.0 Å². The number of carbonyl (C=O) groups excluding carboxylic acids is 2. The van der Waals surface area contributed by atoms with E-state index in [-0.39, 0.29) is 17.9 Å². The number of aryl methyl sites for hydroxylation is 1. The topological polar surface area (TPSA) is 71.5 Å². The first-order valence-corrected chi connectivity index (χ1v) is 10.5. The number of benzene rings is 1. The van der Waals surface area contributed by atoms with E-state index in [0.29, 0.717) is 12.3 Å². The Hall–Kier alpha value is -2.41. The molecule has 150 valence electrons. The lowest BCUT2D eigenvalue weighted by Crippen LogP contribution is -2.42. The third-order valence-corrected chi connectivity index (χ3v) is 6.09. The van der Waals surface area contributed by atoms with E-state index in [4.69, 9.17) is 4.74 Å². The van der Waals surface area contributed by atoms with E-state index in [1.807, 2.05) is 34.5 Å². The molecule has 1 aliphatic heterocycles. The van der Waals surface area contributed by atoms with Crippen LogP contribution in [0.4, 0.5) is 0 Å². The standard InChI is InChI=1S/C21H27N3O3S/c1-15(25)23-20(21-22-11-14-28-21)17-9-12-24(13-10-17)19(26)8-5-16-3-6-18(27-2)7-4-16/h3-4,6-7,11,14,17,20H,5,8-10,12-13H2,1-2H3,(H,23,25). The van der Waals surface area contributed by atoms with Gasteiger partial charge in [-0.1, -0.05) is 12.1 Å². The van der Waals surface area contributed by atoms with Crippen molar-refractivity contribution in [3.63, 3.8) is 0 Å². The molecule has 1 fully saturated rings. The molecule has 1 saturated heterocycles. The van der Waals surface area contributed by atoms with Gasteiger partial charge in [0.25, 0.3) is 0 Å². The molecule has 28 heavy (non-hydrogen) atoms. The van der Waals surface area contributed by atoms with Crippen LogP contribution in [-0.4, -0.2) is 41.9 Å². The number of carbonyl (C=O) groups is 2. The molecule has 3 rings (SSSR count). The molecule has 1 unspecified atom stereocenters. The molecule has 0 spiro atoms. The number of aromatic nitrogens is 1. The summed E-state index contributed by atoms with van der Waals surface area (Å²) in [6.45, 7) is 3.00. The van der Waals surface area contributed by atoms with Crippen LogP contribution in [0.5, 0.6) is 5.75 Å². The average molecular weight is 402 g/mol. The lowest BCUT2D eigenvalue weighted by atomic mass is 9.89. The summed E-state index contributed by atoms with van der Waals surface area (Å²) < 4.78 is 5.16. The molecule has 0 radical (unpaired) electrons. The number of hydrogen-bond donors (Lipinski definition) is 1. The molecule has 0 bridgehead atoms. The van der Waals surface area contributed by atoms with Crippen molar-refractivity contribution in [1.29, 1.82) is 0 Å². The molecule has 1 aliphatic rings. The van der Waals surface area contributed by atoms with Crippen LogP contribution in [0.15, 0.2) is 35.8 Å². The molecular formula is C21H27N3O3S. The molecular weight excluding hydrogens is 374 g/mol. The summed E-state index contributed by atoms with van der Waals surface area (Å²) in [5.41, 5.74) is 1.14. The highest BCUT2D eigenvalue weighted by Crippen LogP contribution is 2.32. The van der Waals surface area contributed by atoms with E-state index in [1.54, 1.807) is 31.6 Å². The first-order chi connectivity index (χ1) is 13.6. The lowest BCUT2D eigenvalue weighted by Gasteiger charge is -2.35. The van der Waals surface area contributed by atoms with E-state index >= 15 is 0 Å².